The van der Waals surface area contributed by atoms with Crippen LogP contribution in [0.5, 0.6) is 0 Å². The quantitative estimate of drug-likeness (QED) is 0.867. The van der Waals surface area contributed by atoms with Gasteiger partial charge in [-0.15, -0.1) is 0 Å². The van der Waals surface area contributed by atoms with Gasteiger partial charge in [0.15, 0.2) is 0 Å². The van der Waals surface area contributed by atoms with Crippen LogP contribution in [0.4, 0.5) is 0 Å². The molecule has 4 nitrogen and oxygen atoms in total. The molecule has 0 aromatic carbocycles. The first kappa shape index (κ1) is 11.4. The van der Waals surface area contributed by atoms with E-state index in [0.29, 0.717) is 0 Å². The third-order valence-electron chi connectivity index (χ3n) is 2.64. The minimum atomic E-state index is 0.776. The Kier molecular flexibility index (Phi) is 3.14. The fourth-order valence-electron chi connectivity index (χ4n) is 1.66. The summed E-state index contributed by atoms with van der Waals surface area (Å²) in [5.41, 5.74) is 3.36. The molecule has 0 aliphatic heterocycles. The van der Waals surface area contributed by atoms with Crippen LogP contribution in [0.2, 0.25) is 0 Å². The lowest BCUT2D eigenvalue weighted by atomic mass is 10.3. The zero-order valence-corrected chi connectivity index (χ0v) is 11.3. The summed E-state index contributed by atoms with van der Waals surface area (Å²) in [5.74, 6) is 0. The van der Waals surface area contributed by atoms with Gasteiger partial charge in [0.2, 0.25) is 0 Å². The van der Waals surface area contributed by atoms with Gasteiger partial charge >= 0.3 is 0 Å². The van der Waals surface area contributed by atoms with Crippen molar-refractivity contribution in [3.05, 3.63) is 33.8 Å². The highest BCUT2D eigenvalue weighted by Gasteiger charge is 2.09. The molecule has 0 spiro atoms. The van der Waals surface area contributed by atoms with Crippen molar-refractivity contribution in [2.45, 2.75) is 33.9 Å². The Bertz CT molecular complexity index is 498. The highest BCUT2D eigenvalue weighted by atomic mass is 79.9. The Balaban J connectivity index is 2.23. The highest BCUT2D eigenvalue weighted by molar-refractivity contribution is 9.10. The molecule has 2 heterocycles. The fourth-order valence-corrected chi connectivity index (χ4v) is 1.95. The molecule has 0 amide bonds. The summed E-state index contributed by atoms with van der Waals surface area (Å²) in [5, 5.41) is 8.73. The number of hydrogen-bond donors (Lipinski definition) is 0. The lowest BCUT2D eigenvalue weighted by Gasteiger charge is -2.01. The molecular formula is C11H15BrN4. The summed E-state index contributed by atoms with van der Waals surface area (Å²) in [7, 11) is 0. The lowest BCUT2D eigenvalue weighted by molar-refractivity contribution is 0.647. The van der Waals surface area contributed by atoms with E-state index in [9.17, 15) is 0 Å². The zero-order chi connectivity index (χ0) is 11.7. The number of rotatable bonds is 3. The molecule has 2 aromatic rings. The van der Waals surface area contributed by atoms with E-state index in [1.807, 2.05) is 22.5 Å². The Morgan fingerprint density at radius 3 is 2.62 bits per heavy atom. The van der Waals surface area contributed by atoms with E-state index >= 15 is 0 Å². The molecule has 0 fully saturated rings. The van der Waals surface area contributed by atoms with Crippen molar-refractivity contribution in [3.8, 4) is 0 Å². The predicted molar refractivity (Wildman–Crippen MR) is 66.4 cm³/mol. The van der Waals surface area contributed by atoms with Gasteiger partial charge in [-0.1, -0.05) is 0 Å². The summed E-state index contributed by atoms with van der Waals surface area (Å²) in [6.07, 6.45) is 3.96. The monoisotopic (exact) mass is 282 g/mol. The minimum Gasteiger partial charge on any atom is -0.273 e. The third kappa shape index (κ3) is 2.04. The van der Waals surface area contributed by atoms with E-state index in [2.05, 4.69) is 46.2 Å². The van der Waals surface area contributed by atoms with Crippen LogP contribution in [0, 0.1) is 13.8 Å². The molecule has 2 rings (SSSR count). The second kappa shape index (κ2) is 4.41. The average molecular weight is 283 g/mol. The Hall–Kier alpha value is -1.10. The zero-order valence-electron chi connectivity index (χ0n) is 9.74. The molecule has 2 aromatic heterocycles. The van der Waals surface area contributed by atoms with Crippen molar-refractivity contribution in [3.63, 3.8) is 0 Å². The van der Waals surface area contributed by atoms with Crippen LogP contribution >= 0.6 is 15.9 Å². The summed E-state index contributed by atoms with van der Waals surface area (Å²) in [4.78, 5) is 0. The van der Waals surface area contributed by atoms with Crippen LogP contribution in [0.3, 0.4) is 0 Å². The normalized spacial score (nSPS) is 11.0. The Labute approximate surface area is 103 Å². The number of nitrogens with zero attached hydrogens (tertiary/aromatic N) is 4. The highest BCUT2D eigenvalue weighted by Crippen LogP contribution is 2.20. The van der Waals surface area contributed by atoms with Crippen molar-refractivity contribution in [2.24, 2.45) is 0 Å². The van der Waals surface area contributed by atoms with E-state index in [1.54, 1.807) is 0 Å². The maximum atomic E-state index is 4.47. The van der Waals surface area contributed by atoms with Gasteiger partial charge in [-0.05, 0) is 36.7 Å². The van der Waals surface area contributed by atoms with Crippen LogP contribution in [0.1, 0.15) is 23.9 Å². The van der Waals surface area contributed by atoms with E-state index < -0.39 is 0 Å². The SMILES string of the molecule is CCn1cc(Cn2nc(C)c(Br)c2C)cn1. The van der Waals surface area contributed by atoms with Crippen molar-refractivity contribution in [1.29, 1.82) is 0 Å². The van der Waals surface area contributed by atoms with Crippen LogP contribution in [0.25, 0.3) is 0 Å². The number of aromatic nitrogens is 4. The minimum absolute atomic E-state index is 0.776. The second-order valence-electron chi connectivity index (χ2n) is 3.85. The summed E-state index contributed by atoms with van der Waals surface area (Å²) in [6, 6.07) is 0. The van der Waals surface area contributed by atoms with E-state index in [1.165, 1.54) is 5.56 Å². The van der Waals surface area contributed by atoms with Gasteiger partial charge in [-0.25, -0.2) is 0 Å². The number of hydrogen-bond acceptors (Lipinski definition) is 2. The van der Waals surface area contributed by atoms with Crippen LogP contribution in [-0.2, 0) is 13.1 Å². The van der Waals surface area contributed by atoms with Gasteiger partial charge in [0, 0.05) is 18.3 Å². The van der Waals surface area contributed by atoms with Gasteiger partial charge in [0.1, 0.15) is 0 Å². The van der Waals surface area contributed by atoms with Crippen molar-refractivity contribution in [2.75, 3.05) is 0 Å². The van der Waals surface area contributed by atoms with Gasteiger partial charge in [0.25, 0.3) is 0 Å². The lowest BCUT2D eigenvalue weighted by Crippen LogP contribution is -2.03. The predicted octanol–water partition coefficient (Wildman–Crippen LogP) is 2.53. The Morgan fingerprint density at radius 1 is 1.38 bits per heavy atom. The Morgan fingerprint density at radius 2 is 2.12 bits per heavy atom. The average Bonchev–Trinajstić information content (AvgIpc) is 2.81. The van der Waals surface area contributed by atoms with Crippen molar-refractivity contribution < 1.29 is 0 Å². The summed E-state index contributed by atoms with van der Waals surface area (Å²) in [6.45, 7) is 7.83. The van der Waals surface area contributed by atoms with Gasteiger partial charge < -0.3 is 0 Å². The molecule has 0 atom stereocenters. The van der Waals surface area contributed by atoms with E-state index in [4.69, 9.17) is 0 Å². The first-order valence-electron chi connectivity index (χ1n) is 5.32. The van der Waals surface area contributed by atoms with Crippen molar-refractivity contribution >= 4 is 15.9 Å². The van der Waals surface area contributed by atoms with Crippen molar-refractivity contribution in [1.82, 2.24) is 19.6 Å². The molecular weight excluding hydrogens is 268 g/mol. The molecule has 0 aliphatic carbocycles. The molecule has 0 saturated heterocycles. The largest absolute Gasteiger partial charge is 0.273 e. The van der Waals surface area contributed by atoms with Gasteiger partial charge in [-0.3, -0.25) is 9.36 Å². The molecule has 5 heteroatoms. The topological polar surface area (TPSA) is 35.6 Å². The third-order valence-corrected chi connectivity index (χ3v) is 3.78. The first-order valence-corrected chi connectivity index (χ1v) is 6.12. The molecule has 86 valence electrons. The molecule has 0 bridgehead atoms. The molecule has 16 heavy (non-hydrogen) atoms. The molecule has 0 N–H and O–H groups in total. The standard InChI is InChI=1S/C11H15BrN4/c1-4-15-6-10(5-13-15)7-16-9(3)11(12)8(2)14-16/h5-6H,4,7H2,1-3H3. The first-order chi connectivity index (χ1) is 7.61. The molecule has 0 aliphatic rings. The summed E-state index contributed by atoms with van der Waals surface area (Å²) >= 11 is 3.53. The second-order valence-corrected chi connectivity index (χ2v) is 4.64. The van der Waals surface area contributed by atoms with E-state index in [-0.39, 0.29) is 0 Å². The molecule has 0 unspecified atom stereocenters. The smallest absolute Gasteiger partial charge is 0.0738 e. The number of halogens is 1. The van der Waals surface area contributed by atoms with Gasteiger partial charge in [0.05, 0.1) is 28.6 Å². The molecule has 0 saturated carbocycles. The van der Waals surface area contributed by atoms with Crippen LogP contribution < -0.4 is 0 Å². The summed E-state index contributed by atoms with van der Waals surface area (Å²) < 4.78 is 5.02. The van der Waals surface area contributed by atoms with E-state index in [0.717, 1.165) is 29.0 Å². The number of aryl methyl sites for hydroxylation is 2. The van der Waals surface area contributed by atoms with Gasteiger partial charge in [-0.2, -0.15) is 10.2 Å². The molecule has 0 radical (unpaired) electrons. The maximum absolute atomic E-state index is 4.47. The maximum Gasteiger partial charge on any atom is 0.0738 e. The fraction of sp³-hybridized carbons (Fsp3) is 0.455. The van der Waals surface area contributed by atoms with Crippen LogP contribution in [-0.4, -0.2) is 19.6 Å². The van der Waals surface area contributed by atoms with Crippen LogP contribution in [0.15, 0.2) is 16.9 Å².